The number of oxime groups is 1. The number of hydrogen-bond donors (Lipinski definition) is 2. The van der Waals surface area contributed by atoms with Gasteiger partial charge in [-0.2, -0.15) is 0 Å². The van der Waals surface area contributed by atoms with Crippen LogP contribution in [-0.4, -0.2) is 34.9 Å². The third kappa shape index (κ3) is 2.85. The first-order valence-electron chi connectivity index (χ1n) is 7.36. The highest BCUT2D eigenvalue weighted by atomic mass is 16.4. The van der Waals surface area contributed by atoms with E-state index in [1.54, 1.807) is 0 Å². The monoisotopic (exact) mass is 267 g/mol. The smallest absolute Gasteiger partial charge is 0.226 e. The lowest BCUT2D eigenvalue weighted by atomic mass is 10.0. The van der Waals surface area contributed by atoms with Crippen LogP contribution in [0.15, 0.2) is 5.16 Å². The molecule has 1 amide bonds. The van der Waals surface area contributed by atoms with Crippen LogP contribution in [0.1, 0.15) is 39.5 Å². The highest BCUT2D eigenvalue weighted by Crippen LogP contribution is 2.56. The summed E-state index contributed by atoms with van der Waals surface area (Å²) in [5.74, 6) is 1.89. The normalized spacial score (nSPS) is 31.5. The average Bonchev–Trinajstić information content (AvgIpc) is 3.17. The SMILES string of the molecule is CCN(CC(C)C(N)=NO)C(=O)C1C2CCCCC21. The molecular weight excluding hydrogens is 242 g/mol. The van der Waals surface area contributed by atoms with E-state index in [2.05, 4.69) is 5.16 Å². The highest BCUT2D eigenvalue weighted by Gasteiger charge is 2.55. The number of hydrogen-bond acceptors (Lipinski definition) is 3. The molecule has 0 radical (unpaired) electrons. The van der Waals surface area contributed by atoms with Crippen LogP contribution in [0, 0.1) is 23.7 Å². The Morgan fingerprint density at radius 3 is 2.47 bits per heavy atom. The van der Waals surface area contributed by atoms with Crippen LogP contribution >= 0.6 is 0 Å². The predicted octanol–water partition coefficient (Wildman–Crippen LogP) is 1.65. The van der Waals surface area contributed by atoms with Gasteiger partial charge in [0.1, 0.15) is 5.84 Å². The Hall–Kier alpha value is -1.26. The van der Waals surface area contributed by atoms with Crippen molar-refractivity contribution in [3.8, 4) is 0 Å². The van der Waals surface area contributed by atoms with Gasteiger partial charge in [-0.1, -0.05) is 24.9 Å². The minimum Gasteiger partial charge on any atom is -0.409 e. The van der Waals surface area contributed by atoms with Gasteiger partial charge in [-0.05, 0) is 31.6 Å². The largest absolute Gasteiger partial charge is 0.409 e. The quantitative estimate of drug-likeness (QED) is 0.344. The van der Waals surface area contributed by atoms with Gasteiger partial charge in [-0.25, -0.2) is 0 Å². The molecule has 108 valence electrons. The summed E-state index contributed by atoms with van der Waals surface area (Å²) in [5.41, 5.74) is 5.59. The second-order valence-corrected chi connectivity index (χ2v) is 5.94. The molecule has 3 N–H and O–H groups in total. The maximum Gasteiger partial charge on any atom is 0.226 e. The molecule has 19 heavy (non-hydrogen) atoms. The lowest BCUT2D eigenvalue weighted by Crippen LogP contribution is -2.40. The summed E-state index contributed by atoms with van der Waals surface area (Å²) in [5, 5.41) is 11.7. The van der Waals surface area contributed by atoms with Crippen molar-refractivity contribution in [2.75, 3.05) is 13.1 Å². The molecule has 0 aromatic rings. The summed E-state index contributed by atoms with van der Waals surface area (Å²) >= 11 is 0. The molecule has 2 aliphatic rings. The van der Waals surface area contributed by atoms with Crippen LogP contribution < -0.4 is 5.73 Å². The molecule has 5 heteroatoms. The fraction of sp³-hybridized carbons (Fsp3) is 0.857. The third-order valence-corrected chi connectivity index (χ3v) is 4.75. The summed E-state index contributed by atoms with van der Waals surface area (Å²) in [7, 11) is 0. The van der Waals surface area contributed by atoms with Crippen molar-refractivity contribution in [1.29, 1.82) is 0 Å². The fourth-order valence-electron chi connectivity index (χ4n) is 3.47. The first-order chi connectivity index (χ1) is 9.10. The van der Waals surface area contributed by atoms with Crippen molar-refractivity contribution >= 4 is 11.7 Å². The minimum atomic E-state index is -0.102. The van der Waals surface area contributed by atoms with Gasteiger partial charge in [0.05, 0.1) is 0 Å². The van der Waals surface area contributed by atoms with Gasteiger partial charge in [0.2, 0.25) is 5.91 Å². The third-order valence-electron chi connectivity index (χ3n) is 4.75. The molecule has 2 saturated carbocycles. The van der Waals surface area contributed by atoms with Crippen molar-refractivity contribution in [1.82, 2.24) is 4.90 Å². The standard InChI is InChI=1S/C14H25N3O2/c1-3-17(8-9(2)13(15)16-19)14(18)12-10-6-4-5-7-11(10)12/h9-12,19H,3-8H2,1-2H3,(H2,15,16). The summed E-state index contributed by atoms with van der Waals surface area (Å²) in [6, 6.07) is 0. The van der Waals surface area contributed by atoms with E-state index in [0.717, 1.165) is 0 Å². The van der Waals surface area contributed by atoms with Crippen molar-refractivity contribution in [3.63, 3.8) is 0 Å². The second kappa shape index (κ2) is 5.80. The number of nitrogens with zero attached hydrogens (tertiary/aromatic N) is 2. The van der Waals surface area contributed by atoms with Gasteiger partial charge in [0, 0.05) is 24.9 Å². The summed E-state index contributed by atoms with van der Waals surface area (Å²) in [6.45, 7) is 5.10. The zero-order chi connectivity index (χ0) is 14.0. The van der Waals surface area contributed by atoms with Crippen LogP contribution in [-0.2, 0) is 4.79 Å². The Morgan fingerprint density at radius 2 is 2.00 bits per heavy atom. The number of nitrogens with two attached hydrogens (primary N) is 1. The maximum absolute atomic E-state index is 12.5. The van der Waals surface area contributed by atoms with E-state index in [1.807, 2.05) is 18.7 Å². The van der Waals surface area contributed by atoms with E-state index < -0.39 is 0 Å². The number of fused-ring (bicyclic) bond motifs is 1. The van der Waals surface area contributed by atoms with Crippen LogP contribution in [0.3, 0.4) is 0 Å². The Morgan fingerprint density at radius 1 is 1.42 bits per heavy atom. The zero-order valence-electron chi connectivity index (χ0n) is 11.9. The van der Waals surface area contributed by atoms with E-state index in [0.29, 0.717) is 24.9 Å². The zero-order valence-corrected chi connectivity index (χ0v) is 11.9. The topological polar surface area (TPSA) is 78.9 Å². The number of rotatable bonds is 5. The lowest BCUT2D eigenvalue weighted by Gasteiger charge is -2.24. The number of carbonyl (C=O) groups excluding carboxylic acids is 1. The molecule has 0 aliphatic heterocycles. The van der Waals surface area contributed by atoms with E-state index in [1.165, 1.54) is 25.7 Å². The Kier molecular flexibility index (Phi) is 4.32. The van der Waals surface area contributed by atoms with Gasteiger partial charge in [-0.15, -0.1) is 0 Å². The molecule has 2 rings (SSSR count). The van der Waals surface area contributed by atoms with Gasteiger partial charge < -0.3 is 15.8 Å². The molecule has 3 unspecified atom stereocenters. The van der Waals surface area contributed by atoms with Crippen LogP contribution in [0.5, 0.6) is 0 Å². The van der Waals surface area contributed by atoms with Gasteiger partial charge in [0.15, 0.2) is 0 Å². The minimum absolute atomic E-state index is 0.102. The molecule has 2 aliphatic carbocycles. The first kappa shape index (κ1) is 14.2. The van der Waals surface area contributed by atoms with Gasteiger partial charge >= 0.3 is 0 Å². The Balaban J connectivity index is 1.93. The molecular formula is C14H25N3O2. The highest BCUT2D eigenvalue weighted by molar-refractivity contribution is 5.85. The molecule has 0 saturated heterocycles. The molecule has 2 fully saturated rings. The maximum atomic E-state index is 12.5. The summed E-state index contributed by atoms with van der Waals surface area (Å²) in [4.78, 5) is 14.4. The van der Waals surface area contributed by atoms with E-state index in [-0.39, 0.29) is 23.6 Å². The number of amides is 1. The van der Waals surface area contributed by atoms with Crippen molar-refractivity contribution in [2.45, 2.75) is 39.5 Å². The average molecular weight is 267 g/mol. The first-order valence-corrected chi connectivity index (χ1v) is 7.36. The Labute approximate surface area is 114 Å². The molecule has 0 spiro atoms. The second-order valence-electron chi connectivity index (χ2n) is 5.94. The van der Waals surface area contributed by atoms with Crippen molar-refractivity contribution in [2.24, 2.45) is 34.6 Å². The van der Waals surface area contributed by atoms with Crippen LogP contribution in [0.25, 0.3) is 0 Å². The molecule has 0 bridgehead atoms. The Bertz CT molecular complexity index is 358. The van der Waals surface area contributed by atoms with E-state index >= 15 is 0 Å². The molecule has 5 nitrogen and oxygen atoms in total. The van der Waals surface area contributed by atoms with Crippen molar-refractivity contribution < 1.29 is 10.0 Å². The van der Waals surface area contributed by atoms with E-state index in [9.17, 15) is 4.79 Å². The fourth-order valence-corrected chi connectivity index (χ4v) is 3.47. The van der Waals surface area contributed by atoms with Gasteiger partial charge in [-0.3, -0.25) is 4.79 Å². The van der Waals surface area contributed by atoms with Crippen LogP contribution in [0.4, 0.5) is 0 Å². The molecule has 3 atom stereocenters. The summed E-state index contributed by atoms with van der Waals surface area (Å²) < 4.78 is 0. The van der Waals surface area contributed by atoms with E-state index in [4.69, 9.17) is 10.9 Å². The van der Waals surface area contributed by atoms with Crippen molar-refractivity contribution in [3.05, 3.63) is 0 Å². The number of carbonyl (C=O) groups is 1. The molecule has 0 aromatic heterocycles. The van der Waals surface area contributed by atoms with Crippen LogP contribution in [0.2, 0.25) is 0 Å². The van der Waals surface area contributed by atoms with Gasteiger partial charge in [0.25, 0.3) is 0 Å². The number of amidine groups is 1. The summed E-state index contributed by atoms with van der Waals surface area (Å²) in [6.07, 6.45) is 4.98. The lowest BCUT2D eigenvalue weighted by molar-refractivity contribution is -0.133. The molecule has 0 aromatic carbocycles. The molecule has 0 heterocycles. The predicted molar refractivity (Wildman–Crippen MR) is 73.8 cm³/mol.